The summed E-state index contributed by atoms with van der Waals surface area (Å²) in [6.07, 6.45) is 1.83. The highest BCUT2D eigenvalue weighted by molar-refractivity contribution is 5.79. The number of rotatable bonds is 7. The molecular formula is C12H21NO5. The van der Waals surface area contributed by atoms with Crippen molar-refractivity contribution in [3.63, 3.8) is 0 Å². The van der Waals surface area contributed by atoms with Crippen molar-refractivity contribution in [3.8, 4) is 0 Å². The molecule has 1 saturated heterocycles. The standard InChI is InChI=1S/C12H21NO5/c1-2-5-18-9-10(14)13-12(8-11(15)16)3-6-17-7-4-12/h2-9H2,1H3,(H,13,14)(H,15,16). The third-order valence-electron chi connectivity index (χ3n) is 2.93. The fraction of sp³-hybridized carbons (Fsp3) is 0.833. The first-order valence-electron chi connectivity index (χ1n) is 6.26. The lowest BCUT2D eigenvalue weighted by atomic mass is 9.86. The quantitative estimate of drug-likeness (QED) is 0.652. The molecule has 0 unspecified atom stereocenters. The van der Waals surface area contributed by atoms with E-state index in [-0.39, 0.29) is 18.9 Å². The van der Waals surface area contributed by atoms with Gasteiger partial charge in [-0.1, -0.05) is 6.92 Å². The Balaban J connectivity index is 2.49. The number of carboxylic acid groups (broad SMARTS) is 1. The molecule has 0 aromatic carbocycles. The molecule has 1 amide bonds. The minimum absolute atomic E-state index is 0.0178. The first kappa shape index (κ1) is 14.9. The average molecular weight is 259 g/mol. The normalized spacial score (nSPS) is 18.3. The molecule has 0 spiro atoms. The molecule has 0 saturated carbocycles. The van der Waals surface area contributed by atoms with Crippen LogP contribution in [0.1, 0.15) is 32.6 Å². The van der Waals surface area contributed by atoms with Crippen LogP contribution in [0.2, 0.25) is 0 Å². The summed E-state index contributed by atoms with van der Waals surface area (Å²) in [5.74, 6) is -1.17. The Hall–Kier alpha value is -1.14. The van der Waals surface area contributed by atoms with Crippen molar-refractivity contribution in [2.24, 2.45) is 0 Å². The summed E-state index contributed by atoms with van der Waals surface area (Å²) in [7, 11) is 0. The Morgan fingerprint density at radius 2 is 2.06 bits per heavy atom. The second kappa shape index (κ2) is 7.33. The highest BCUT2D eigenvalue weighted by atomic mass is 16.5. The van der Waals surface area contributed by atoms with Crippen molar-refractivity contribution in [2.75, 3.05) is 26.4 Å². The van der Waals surface area contributed by atoms with Gasteiger partial charge in [0.25, 0.3) is 0 Å². The fourth-order valence-corrected chi connectivity index (χ4v) is 2.04. The Labute approximate surface area is 107 Å². The molecule has 0 aromatic rings. The maximum Gasteiger partial charge on any atom is 0.305 e. The molecule has 1 aliphatic heterocycles. The van der Waals surface area contributed by atoms with E-state index in [1.54, 1.807) is 0 Å². The van der Waals surface area contributed by atoms with E-state index < -0.39 is 11.5 Å². The zero-order valence-corrected chi connectivity index (χ0v) is 10.7. The number of ether oxygens (including phenoxy) is 2. The maximum atomic E-state index is 11.7. The molecule has 0 atom stereocenters. The van der Waals surface area contributed by atoms with Gasteiger partial charge in [-0.25, -0.2) is 0 Å². The predicted octanol–water partition coefficient (Wildman–Crippen LogP) is 0.553. The summed E-state index contributed by atoms with van der Waals surface area (Å²) in [6, 6.07) is 0. The number of aliphatic carboxylic acids is 1. The monoisotopic (exact) mass is 259 g/mol. The van der Waals surface area contributed by atoms with Gasteiger partial charge in [0.05, 0.1) is 12.0 Å². The fourth-order valence-electron chi connectivity index (χ4n) is 2.04. The second-order valence-electron chi connectivity index (χ2n) is 4.56. The van der Waals surface area contributed by atoms with E-state index >= 15 is 0 Å². The van der Waals surface area contributed by atoms with E-state index in [4.69, 9.17) is 14.6 Å². The lowest BCUT2D eigenvalue weighted by Gasteiger charge is -2.36. The van der Waals surface area contributed by atoms with Crippen molar-refractivity contribution in [2.45, 2.75) is 38.1 Å². The van der Waals surface area contributed by atoms with Crippen LogP contribution >= 0.6 is 0 Å². The number of carboxylic acids is 1. The molecule has 18 heavy (non-hydrogen) atoms. The number of hydrogen-bond acceptors (Lipinski definition) is 4. The molecule has 0 bridgehead atoms. The van der Waals surface area contributed by atoms with E-state index in [1.807, 2.05) is 6.92 Å². The van der Waals surface area contributed by atoms with Crippen molar-refractivity contribution < 1.29 is 24.2 Å². The summed E-state index contributed by atoms with van der Waals surface area (Å²) in [5.41, 5.74) is -0.684. The molecule has 0 aromatic heterocycles. The van der Waals surface area contributed by atoms with Crippen LogP contribution in [0.4, 0.5) is 0 Å². The SMILES string of the molecule is CCCOCC(=O)NC1(CC(=O)O)CCOCC1. The molecule has 6 heteroatoms. The Morgan fingerprint density at radius 1 is 1.39 bits per heavy atom. The van der Waals surface area contributed by atoms with Crippen molar-refractivity contribution in [1.82, 2.24) is 5.32 Å². The summed E-state index contributed by atoms with van der Waals surface area (Å²) in [5, 5.41) is 11.7. The van der Waals surface area contributed by atoms with Crippen LogP contribution in [0.3, 0.4) is 0 Å². The first-order chi connectivity index (χ1) is 8.58. The summed E-state index contributed by atoms with van der Waals surface area (Å²) < 4.78 is 10.4. The molecule has 0 aliphatic carbocycles. The van der Waals surface area contributed by atoms with Gasteiger partial charge in [0.15, 0.2) is 0 Å². The second-order valence-corrected chi connectivity index (χ2v) is 4.56. The largest absolute Gasteiger partial charge is 0.481 e. The highest BCUT2D eigenvalue weighted by Crippen LogP contribution is 2.24. The van der Waals surface area contributed by atoms with Gasteiger partial charge in [-0.05, 0) is 19.3 Å². The van der Waals surface area contributed by atoms with Gasteiger partial charge in [0.1, 0.15) is 6.61 Å². The van der Waals surface area contributed by atoms with Gasteiger partial charge in [0.2, 0.25) is 5.91 Å². The van der Waals surface area contributed by atoms with Crippen molar-refractivity contribution >= 4 is 11.9 Å². The number of amides is 1. The van der Waals surface area contributed by atoms with Gasteiger partial charge in [-0.15, -0.1) is 0 Å². The van der Waals surface area contributed by atoms with E-state index in [1.165, 1.54) is 0 Å². The van der Waals surface area contributed by atoms with Crippen LogP contribution < -0.4 is 5.32 Å². The van der Waals surface area contributed by atoms with Crippen molar-refractivity contribution in [3.05, 3.63) is 0 Å². The third-order valence-corrected chi connectivity index (χ3v) is 2.93. The Kier molecular flexibility index (Phi) is 6.07. The van der Waals surface area contributed by atoms with Crippen LogP contribution in [-0.4, -0.2) is 48.9 Å². The summed E-state index contributed by atoms with van der Waals surface area (Å²) in [4.78, 5) is 22.6. The van der Waals surface area contributed by atoms with Gasteiger partial charge in [-0.2, -0.15) is 0 Å². The lowest BCUT2D eigenvalue weighted by molar-refractivity contribution is -0.141. The molecule has 1 rings (SSSR count). The van der Waals surface area contributed by atoms with E-state index in [0.29, 0.717) is 32.7 Å². The molecular weight excluding hydrogens is 238 g/mol. The molecule has 1 aliphatic rings. The molecule has 2 N–H and O–H groups in total. The van der Waals surface area contributed by atoms with E-state index in [2.05, 4.69) is 5.32 Å². The zero-order chi connectivity index (χ0) is 13.4. The minimum atomic E-state index is -0.910. The van der Waals surface area contributed by atoms with Gasteiger partial charge in [-0.3, -0.25) is 9.59 Å². The molecule has 6 nitrogen and oxygen atoms in total. The molecule has 1 fully saturated rings. The Bertz CT molecular complexity index is 286. The van der Waals surface area contributed by atoms with Crippen LogP contribution in [0.5, 0.6) is 0 Å². The van der Waals surface area contributed by atoms with Crippen LogP contribution in [0, 0.1) is 0 Å². The van der Waals surface area contributed by atoms with Crippen molar-refractivity contribution in [1.29, 1.82) is 0 Å². The van der Waals surface area contributed by atoms with Gasteiger partial charge >= 0.3 is 5.97 Å². The molecule has 1 heterocycles. The molecule has 0 radical (unpaired) electrons. The topological polar surface area (TPSA) is 84.9 Å². The average Bonchev–Trinajstić information content (AvgIpc) is 2.29. The predicted molar refractivity (Wildman–Crippen MR) is 64.3 cm³/mol. The van der Waals surface area contributed by atoms with Gasteiger partial charge < -0.3 is 19.9 Å². The molecule has 104 valence electrons. The smallest absolute Gasteiger partial charge is 0.305 e. The van der Waals surface area contributed by atoms with Gasteiger partial charge in [0, 0.05) is 19.8 Å². The maximum absolute atomic E-state index is 11.7. The zero-order valence-electron chi connectivity index (χ0n) is 10.7. The van der Waals surface area contributed by atoms with E-state index in [0.717, 1.165) is 6.42 Å². The van der Waals surface area contributed by atoms with Crippen LogP contribution in [0.15, 0.2) is 0 Å². The summed E-state index contributed by atoms with van der Waals surface area (Å²) >= 11 is 0. The third kappa shape index (κ3) is 5.01. The van der Waals surface area contributed by atoms with Crippen LogP contribution in [0.25, 0.3) is 0 Å². The number of carbonyl (C=O) groups excluding carboxylic acids is 1. The highest BCUT2D eigenvalue weighted by Gasteiger charge is 2.36. The van der Waals surface area contributed by atoms with Crippen LogP contribution in [-0.2, 0) is 19.1 Å². The summed E-state index contributed by atoms with van der Waals surface area (Å²) in [6.45, 7) is 3.42. The van der Waals surface area contributed by atoms with E-state index in [9.17, 15) is 9.59 Å². The first-order valence-corrected chi connectivity index (χ1v) is 6.26. The number of nitrogens with one attached hydrogen (secondary N) is 1. The minimum Gasteiger partial charge on any atom is -0.481 e. The lowest BCUT2D eigenvalue weighted by Crippen LogP contribution is -2.54. The number of carbonyl (C=O) groups is 2. The number of hydrogen-bond donors (Lipinski definition) is 2. The Morgan fingerprint density at radius 3 is 2.61 bits per heavy atom.